The fourth-order valence-corrected chi connectivity index (χ4v) is 3.88. The number of fused-ring (bicyclic) bond motifs is 2. The Morgan fingerprint density at radius 3 is 2.58 bits per heavy atom. The summed E-state index contributed by atoms with van der Waals surface area (Å²) in [5.74, 6) is -0.243. The Bertz CT molecular complexity index is 1760. The second-order valence-electron chi connectivity index (χ2n) is 8.06. The van der Waals surface area contributed by atoms with Gasteiger partial charge < -0.3 is 8.98 Å². The van der Waals surface area contributed by atoms with Gasteiger partial charge in [0.1, 0.15) is 11.4 Å². The van der Waals surface area contributed by atoms with Crippen molar-refractivity contribution in [2.24, 2.45) is 14.1 Å². The standard InChI is InChI=1S/C23H17F3N6O4/c1-30-18-15(20(34)31(2)22(30)35)8-12(10-27-18)19(33)29-21-28-16-9-13(23(24,25)26)5-6-17(16)32(21)11-14-4-3-7-36-14/h3-10H,11H2,1-2H3,(H,28,29,33). The van der Waals surface area contributed by atoms with E-state index >= 15 is 0 Å². The molecule has 5 aromatic rings. The van der Waals surface area contributed by atoms with E-state index in [-0.39, 0.29) is 34.6 Å². The van der Waals surface area contributed by atoms with Crippen molar-refractivity contribution in [2.75, 3.05) is 5.32 Å². The van der Waals surface area contributed by atoms with Gasteiger partial charge in [0.15, 0.2) is 0 Å². The van der Waals surface area contributed by atoms with Gasteiger partial charge in [0, 0.05) is 20.3 Å². The second-order valence-corrected chi connectivity index (χ2v) is 8.06. The van der Waals surface area contributed by atoms with Gasteiger partial charge in [-0.05, 0) is 36.4 Å². The predicted molar refractivity (Wildman–Crippen MR) is 123 cm³/mol. The zero-order valence-corrected chi connectivity index (χ0v) is 18.8. The summed E-state index contributed by atoms with van der Waals surface area (Å²) in [6, 6.07) is 7.72. The van der Waals surface area contributed by atoms with Crippen molar-refractivity contribution < 1.29 is 22.4 Å². The summed E-state index contributed by atoms with van der Waals surface area (Å²) >= 11 is 0. The van der Waals surface area contributed by atoms with Gasteiger partial charge in [-0.3, -0.25) is 24.0 Å². The first-order valence-corrected chi connectivity index (χ1v) is 10.5. The molecular formula is C23H17F3N6O4. The number of pyridine rings is 1. The van der Waals surface area contributed by atoms with E-state index in [9.17, 15) is 27.6 Å². The number of aromatic nitrogens is 5. The third-order valence-corrected chi connectivity index (χ3v) is 5.75. The van der Waals surface area contributed by atoms with E-state index < -0.39 is 28.9 Å². The fraction of sp³-hybridized carbons (Fsp3) is 0.174. The normalized spacial score (nSPS) is 11.9. The van der Waals surface area contributed by atoms with Gasteiger partial charge in [-0.15, -0.1) is 0 Å². The van der Waals surface area contributed by atoms with E-state index in [1.54, 1.807) is 12.1 Å². The van der Waals surface area contributed by atoms with Gasteiger partial charge in [0.2, 0.25) is 5.95 Å². The average Bonchev–Trinajstić information content (AvgIpc) is 3.48. The second kappa shape index (κ2) is 8.22. The Hall–Kier alpha value is -4.68. The first kappa shape index (κ1) is 23.1. The molecule has 0 aliphatic carbocycles. The zero-order chi connectivity index (χ0) is 25.8. The first-order valence-electron chi connectivity index (χ1n) is 10.5. The number of hydrogen-bond acceptors (Lipinski definition) is 6. The van der Waals surface area contributed by atoms with Crippen LogP contribution in [0.15, 0.2) is 62.9 Å². The molecule has 5 rings (SSSR count). The lowest BCUT2D eigenvalue weighted by molar-refractivity contribution is -0.137. The molecular weight excluding hydrogens is 481 g/mol. The van der Waals surface area contributed by atoms with Crippen LogP contribution in [-0.2, 0) is 26.8 Å². The van der Waals surface area contributed by atoms with Crippen LogP contribution in [0.3, 0.4) is 0 Å². The molecule has 13 heteroatoms. The number of hydrogen-bond donors (Lipinski definition) is 1. The van der Waals surface area contributed by atoms with Crippen molar-refractivity contribution in [2.45, 2.75) is 12.7 Å². The molecule has 0 radical (unpaired) electrons. The van der Waals surface area contributed by atoms with Crippen LogP contribution in [0.5, 0.6) is 0 Å². The van der Waals surface area contributed by atoms with Crippen LogP contribution in [-0.4, -0.2) is 29.6 Å². The summed E-state index contributed by atoms with van der Waals surface area (Å²) < 4.78 is 48.6. The van der Waals surface area contributed by atoms with E-state index in [4.69, 9.17) is 4.42 Å². The Labute approximate surface area is 199 Å². The number of carbonyl (C=O) groups is 1. The first-order chi connectivity index (χ1) is 17.0. The van der Waals surface area contributed by atoms with E-state index in [2.05, 4.69) is 15.3 Å². The number of anilines is 1. The quantitative estimate of drug-likeness (QED) is 0.407. The minimum absolute atomic E-state index is 0.00849. The summed E-state index contributed by atoms with van der Waals surface area (Å²) in [4.78, 5) is 46.1. The number of carbonyl (C=O) groups excluding carboxylic acids is 1. The molecule has 0 spiro atoms. The highest BCUT2D eigenvalue weighted by Crippen LogP contribution is 2.32. The van der Waals surface area contributed by atoms with Gasteiger partial charge in [-0.2, -0.15) is 13.2 Å². The summed E-state index contributed by atoms with van der Waals surface area (Å²) in [6.45, 7) is 0.0864. The molecule has 0 saturated heterocycles. The monoisotopic (exact) mass is 498 g/mol. The lowest BCUT2D eigenvalue weighted by atomic mass is 10.2. The lowest BCUT2D eigenvalue weighted by Crippen LogP contribution is -2.37. The molecule has 36 heavy (non-hydrogen) atoms. The molecule has 1 aromatic carbocycles. The summed E-state index contributed by atoms with van der Waals surface area (Å²) in [7, 11) is 2.76. The molecule has 1 amide bonds. The summed E-state index contributed by atoms with van der Waals surface area (Å²) in [6.07, 6.45) is -1.92. The number of imidazole rings is 1. The molecule has 1 N–H and O–H groups in total. The number of amides is 1. The largest absolute Gasteiger partial charge is 0.467 e. The molecule has 10 nitrogen and oxygen atoms in total. The van der Waals surface area contributed by atoms with Crippen LogP contribution in [0.1, 0.15) is 21.7 Å². The van der Waals surface area contributed by atoms with Crippen LogP contribution < -0.4 is 16.6 Å². The summed E-state index contributed by atoms with van der Waals surface area (Å²) in [5, 5.41) is 2.63. The third-order valence-electron chi connectivity index (χ3n) is 5.75. The Morgan fingerprint density at radius 2 is 1.89 bits per heavy atom. The van der Waals surface area contributed by atoms with Crippen LogP contribution in [0.2, 0.25) is 0 Å². The van der Waals surface area contributed by atoms with E-state index in [1.165, 1.54) is 47.8 Å². The molecule has 4 aromatic heterocycles. The van der Waals surface area contributed by atoms with Crippen molar-refractivity contribution >= 4 is 33.9 Å². The highest BCUT2D eigenvalue weighted by molar-refractivity contribution is 6.05. The molecule has 0 fully saturated rings. The Morgan fingerprint density at radius 1 is 1.11 bits per heavy atom. The molecule has 0 bridgehead atoms. The lowest BCUT2D eigenvalue weighted by Gasteiger charge is -2.10. The molecule has 0 saturated carbocycles. The van der Waals surface area contributed by atoms with E-state index in [0.29, 0.717) is 11.3 Å². The number of halogens is 3. The van der Waals surface area contributed by atoms with Crippen molar-refractivity contribution in [1.29, 1.82) is 0 Å². The van der Waals surface area contributed by atoms with Crippen LogP contribution in [0.4, 0.5) is 19.1 Å². The van der Waals surface area contributed by atoms with Crippen molar-refractivity contribution in [1.82, 2.24) is 23.7 Å². The average molecular weight is 498 g/mol. The molecule has 0 atom stereocenters. The molecule has 184 valence electrons. The molecule has 0 aliphatic heterocycles. The minimum atomic E-state index is -4.56. The number of nitrogens with zero attached hydrogens (tertiary/aromatic N) is 5. The highest BCUT2D eigenvalue weighted by Gasteiger charge is 2.31. The highest BCUT2D eigenvalue weighted by atomic mass is 19.4. The summed E-state index contributed by atoms with van der Waals surface area (Å²) in [5.41, 5.74) is -1.62. The van der Waals surface area contributed by atoms with Gasteiger partial charge in [-0.25, -0.2) is 14.8 Å². The smallest absolute Gasteiger partial charge is 0.416 e. The predicted octanol–water partition coefficient (Wildman–Crippen LogP) is 2.89. The van der Waals surface area contributed by atoms with Crippen LogP contribution >= 0.6 is 0 Å². The van der Waals surface area contributed by atoms with Gasteiger partial charge in [0.25, 0.3) is 11.5 Å². The van der Waals surface area contributed by atoms with E-state index in [0.717, 1.165) is 16.7 Å². The maximum atomic E-state index is 13.2. The third kappa shape index (κ3) is 3.83. The number of aryl methyl sites for hydroxylation is 1. The Balaban J connectivity index is 1.58. The van der Waals surface area contributed by atoms with Crippen molar-refractivity contribution in [3.8, 4) is 0 Å². The topological polar surface area (TPSA) is 117 Å². The van der Waals surface area contributed by atoms with Gasteiger partial charge >= 0.3 is 11.9 Å². The fourth-order valence-electron chi connectivity index (χ4n) is 3.88. The van der Waals surface area contributed by atoms with Crippen LogP contribution in [0, 0.1) is 0 Å². The molecule has 4 heterocycles. The number of rotatable bonds is 4. The van der Waals surface area contributed by atoms with Gasteiger partial charge in [0.05, 0.1) is 40.4 Å². The van der Waals surface area contributed by atoms with E-state index in [1.807, 2.05) is 0 Å². The number of alkyl halides is 3. The SMILES string of the molecule is Cn1c(=O)c2cc(C(=O)Nc3nc4cc(C(F)(F)F)ccc4n3Cc3ccco3)cnc2n(C)c1=O. The molecule has 0 unspecified atom stereocenters. The van der Waals surface area contributed by atoms with Gasteiger partial charge in [-0.1, -0.05) is 0 Å². The van der Waals surface area contributed by atoms with Crippen molar-refractivity contribution in [3.63, 3.8) is 0 Å². The maximum absolute atomic E-state index is 13.2. The molecule has 0 aliphatic rings. The Kier molecular flexibility index (Phi) is 5.27. The minimum Gasteiger partial charge on any atom is -0.467 e. The number of furan rings is 1. The number of nitrogens with one attached hydrogen (secondary N) is 1. The number of benzene rings is 1. The van der Waals surface area contributed by atoms with Crippen LogP contribution in [0.25, 0.3) is 22.1 Å². The maximum Gasteiger partial charge on any atom is 0.416 e. The zero-order valence-electron chi connectivity index (χ0n) is 18.8. The van der Waals surface area contributed by atoms with Crippen molar-refractivity contribution in [3.05, 3.63) is 86.6 Å².